The molecule has 1 rings (SSSR count). The zero-order valence-corrected chi connectivity index (χ0v) is 10.9. The van der Waals surface area contributed by atoms with Crippen molar-refractivity contribution in [2.24, 2.45) is 0 Å². The van der Waals surface area contributed by atoms with Crippen LogP contribution in [-0.4, -0.2) is 59.7 Å². The van der Waals surface area contributed by atoms with Crippen LogP contribution in [0.5, 0.6) is 0 Å². The first-order valence-electron chi connectivity index (χ1n) is 5.84. The van der Waals surface area contributed by atoms with Crippen LogP contribution in [0.1, 0.15) is 19.8 Å². The van der Waals surface area contributed by atoms with Gasteiger partial charge in [0.25, 0.3) is 0 Å². The molecule has 1 fully saturated rings. The molecular weight excluding hydrogens is 224 g/mol. The number of carbonyl (C=O) groups excluding carboxylic acids is 1. The molecule has 1 heterocycles. The molecule has 0 aliphatic carbocycles. The summed E-state index contributed by atoms with van der Waals surface area (Å²) in [7, 11) is 0. The molecule has 0 spiro atoms. The first-order chi connectivity index (χ1) is 7.69. The van der Waals surface area contributed by atoms with E-state index in [1.54, 1.807) is 11.8 Å². The van der Waals surface area contributed by atoms with E-state index in [0.717, 1.165) is 25.9 Å². The highest BCUT2D eigenvalue weighted by Gasteiger charge is 2.20. The monoisotopic (exact) mass is 246 g/mol. The van der Waals surface area contributed by atoms with Crippen molar-refractivity contribution in [3.63, 3.8) is 0 Å². The second-order valence-electron chi connectivity index (χ2n) is 4.21. The van der Waals surface area contributed by atoms with Crippen LogP contribution in [0.4, 0.5) is 0 Å². The molecule has 94 valence electrons. The van der Waals surface area contributed by atoms with Gasteiger partial charge in [0.05, 0.1) is 13.2 Å². The Hall–Kier alpha value is -0.260. The summed E-state index contributed by atoms with van der Waals surface area (Å²) in [6, 6.07) is 0.159. The Bertz CT molecular complexity index is 216. The summed E-state index contributed by atoms with van der Waals surface area (Å²) in [5.41, 5.74) is 0. The van der Waals surface area contributed by atoms with Gasteiger partial charge < -0.3 is 15.3 Å². The summed E-state index contributed by atoms with van der Waals surface area (Å²) in [6.07, 6.45) is 4.23. The molecule has 2 atom stereocenters. The summed E-state index contributed by atoms with van der Waals surface area (Å²) in [6.45, 7) is 4.35. The lowest BCUT2D eigenvalue weighted by Gasteiger charge is -2.23. The Morgan fingerprint density at radius 1 is 1.50 bits per heavy atom. The van der Waals surface area contributed by atoms with E-state index in [0.29, 0.717) is 6.54 Å². The van der Waals surface area contributed by atoms with Gasteiger partial charge in [-0.15, -0.1) is 0 Å². The number of amides is 1. The fourth-order valence-electron chi connectivity index (χ4n) is 1.89. The first-order valence-corrected chi connectivity index (χ1v) is 7.12. The van der Waals surface area contributed by atoms with E-state index < -0.39 is 0 Å². The molecule has 4 nitrogen and oxygen atoms in total. The van der Waals surface area contributed by atoms with E-state index >= 15 is 0 Å². The van der Waals surface area contributed by atoms with Crippen molar-refractivity contribution in [3.05, 3.63) is 0 Å². The summed E-state index contributed by atoms with van der Waals surface area (Å²) in [5.74, 6) is 0.183. The summed E-state index contributed by atoms with van der Waals surface area (Å²) < 4.78 is 0. The van der Waals surface area contributed by atoms with Crippen LogP contribution in [-0.2, 0) is 4.79 Å². The smallest absolute Gasteiger partial charge is 0.236 e. The van der Waals surface area contributed by atoms with Crippen molar-refractivity contribution < 1.29 is 9.90 Å². The maximum Gasteiger partial charge on any atom is 0.236 e. The summed E-state index contributed by atoms with van der Waals surface area (Å²) in [5, 5.41) is 12.5. The van der Waals surface area contributed by atoms with Gasteiger partial charge >= 0.3 is 0 Å². The van der Waals surface area contributed by atoms with E-state index in [1.807, 2.05) is 18.1 Å². The van der Waals surface area contributed by atoms with E-state index in [9.17, 15) is 4.79 Å². The van der Waals surface area contributed by atoms with Crippen LogP contribution >= 0.6 is 11.8 Å². The average molecular weight is 246 g/mol. The predicted molar refractivity (Wildman–Crippen MR) is 67.7 cm³/mol. The number of nitrogens with zero attached hydrogens (tertiary/aromatic N) is 1. The zero-order chi connectivity index (χ0) is 12.0. The van der Waals surface area contributed by atoms with Crippen LogP contribution in [0.15, 0.2) is 0 Å². The number of nitrogens with one attached hydrogen (secondary N) is 1. The standard InChI is InChI=1S/C11H22N2O2S/c1-9(10(8-14)16-2)12-7-11(15)13-5-3-4-6-13/h9-10,12,14H,3-8H2,1-2H3. The Labute approximate surface area is 102 Å². The van der Waals surface area contributed by atoms with Crippen LogP contribution in [0.3, 0.4) is 0 Å². The number of carbonyl (C=O) groups is 1. The van der Waals surface area contributed by atoms with Crippen LogP contribution in [0, 0.1) is 0 Å². The van der Waals surface area contributed by atoms with Crippen LogP contribution in [0.2, 0.25) is 0 Å². The van der Waals surface area contributed by atoms with Crippen molar-refractivity contribution >= 4 is 17.7 Å². The minimum atomic E-state index is 0.146. The minimum absolute atomic E-state index is 0.146. The van der Waals surface area contributed by atoms with Crippen molar-refractivity contribution in [1.29, 1.82) is 0 Å². The van der Waals surface area contributed by atoms with Crippen LogP contribution < -0.4 is 5.32 Å². The average Bonchev–Trinajstić information content (AvgIpc) is 2.81. The molecule has 1 saturated heterocycles. The maximum atomic E-state index is 11.7. The molecule has 16 heavy (non-hydrogen) atoms. The predicted octanol–water partition coefficient (Wildman–Crippen LogP) is 0.311. The highest BCUT2D eigenvalue weighted by atomic mass is 32.2. The molecule has 1 amide bonds. The molecule has 0 aromatic heterocycles. The second kappa shape index (κ2) is 7.14. The maximum absolute atomic E-state index is 11.7. The molecule has 5 heteroatoms. The number of rotatable bonds is 6. The number of aliphatic hydroxyl groups excluding tert-OH is 1. The van der Waals surface area contributed by atoms with Crippen molar-refractivity contribution in [2.45, 2.75) is 31.1 Å². The topological polar surface area (TPSA) is 52.6 Å². The van der Waals surface area contributed by atoms with Gasteiger partial charge in [0.1, 0.15) is 0 Å². The normalized spacial score (nSPS) is 19.8. The molecule has 0 aromatic carbocycles. The van der Waals surface area contributed by atoms with Gasteiger partial charge in [0.2, 0.25) is 5.91 Å². The second-order valence-corrected chi connectivity index (χ2v) is 5.29. The third-order valence-corrected chi connectivity index (χ3v) is 4.24. The minimum Gasteiger partial charge on any atom is -0.395 e. The summed E-state index contributed by atoms with van der Waals surface area (Å²) in [4.78, 5) is 13.7. The van der Waals surface area contributed by atoms with Crippen molar-refractivity contribution in [1.82, 2.24) is 10.2 Å². The van der Waals surface area contributed by atoms with Crippen LogP contribution in [0.25, 0.3) is 0 Å². The Morgan fingerprint density at radius 2 is 2.12 bits per heavy atom. The highest BCUT2D eigenvalue weighted by molar-refractivity contribution is 7.99. The van der Waals surface area contributed by atoms with E-state index in [1.165, 1.54) is 0 Å². The number of hydrogen-bond donors (Lipinski definition) is 2. The van der Waals surface area contributed by atoms with Gasteiger partial charge in [-0.05, 0) is 26.0 Å². The third kappa shape index (κ3) is 3.96. The van der Waals surface area contributed by atoms with Gasteiger partial charge in [-0.25, -0.2) is 0 Å². The summed E-state index contributed by atoms with van der Waals surface area (Å²) >= 11 is 1.62. The van der Waals surface area contributed by atoms with E-state index in [-0.39, 0.29) is 23.8 Å². The zero-order valence-electron chi connectivity index (χ0n) is 10.1. The lowest BCUT2D eigenvalue weighted by Crippen LogP contribution is -2.44. The molecule has 0 radical (unpaired) electrons. The fourth-order valence-corrected chi connectivity index (χ4v) is 2.55. The molecule has 1 aliphatic heterocycles. The highest BCUT2D eigenvalue weighted by Crippen LogP contribution is 2.10. The van der Waals surface area contributed by atoms with Gasteiger partial charge in [-0.3, -0.25) is 4.79 Å². The SMILES string of the molecule is CSC(CO)C(C)NCC(=O)N1CCCC1. The Kier molecular flexibility index (Phi) is 6.16. The van der Waals surface area contributed by atoms with Gasteiger partial charge in [-0.1, -0.05) is 0 Å². The number of likely N-dealkylation sites (tertiary alicyclic amines) is 1. The van der Waals surface area contributed by atoms with E-state index in [4.69, 9.17) is 5.11 Å². The molecule has 2 unspecified atom stereocenters. The number of thioether (sulfide) groups is 1. The lowest BCUT2D eigenvalue weighted by atomic mass is 10.2. The molecule has 0 aromatic rings. The van der Waals surface area contributed by atoms with Crippen molar-refractivity contribution in [3.8, 4) is 0 Å². The molecule has 1 aliphatic rings. The molecular formula is C11H22N2O2S. The van der Waals surface area contributed by atoms with Gasteiger partial charge in [0, 0.05) is 24.4 Å². The molecule has 0 saturated carbocycles. The molecule has 0 bridgehead atoms. The lowest BCUT2D eigenvalue weighted by molar-refractivity contribution is -0.129. The van der Waals surface area contributed by atoms with Gasteiger partial charge in [0.15, 0.2) is 0 Å². The molecule has 2 N–H and O–H groups in total. The van der Waals surface area contributed by atoms with Crippen molar-refractivity contribution in [2.75, 3.05) is 32.5 Å². The van der Waals surface area contributed by atoms with Gasteiger partial charge in [-0.2, -0.15) is 11.8 Å². The third-order valence-electron chi connectivity index (χ3n) is 3.07. The fraction of sp³-hybridized carbons (Fsp3) is 0.909. The Morgan fingerprint density at radius 3 is 2.62 bits per heavy atom. The van der Waals surface area contributed by atoms with E-state index in [2.05, 4.69) is 5.32 Å². The number of aliphatic hydroxyl groups is 1. The largest absolute Gasteiger partial charge is 0.395 e. The quantitative estimate of drug-likeness (QED) is 0.708. The first kappa shape index (κ1) is 13.8. The number of hydrogen-bond acceptors (Lipinski definition) is 4. The Balaban J connectivity index is 2.24.